The van der Waals surface area contributed by atoms with Gasteiger partial charge in [-0.25, -0.2) is 4.79 Å². The van der Waals surface area contributed by atoms with E-state index < -0.39 is 11.6 Å². The van der Waals surface area contributed by atoms with Crippen LogP contribution in [-0.4, -0.2) is 17.4 Å². The molecule has 0 atom stereocenters. The summed E-state index contributed by atoms with van der Waals surface area (Å²) in [5.74, 6) is 0.285. The number of fused-ring (bicyclic) bond motifs is 1. The summed E-state index contributed by atoms with van der Waals surface area (Å²) in [5.41, 5.74) is 1.28. The molecule has 0 spiro atoms. The summed E-state index contributed by atoms with van der Waals surface area (Å²) >= 11 is 0. The molecule has 0 N–H and O–H groups in total. The minimum atomic E-state index is -0.563. The molecule has 1 aliphatic heterocycles. The molecule has 1 aliphatic rings. The van der Waals surface area contributed by atoms with E-state index in [0.29, 0.717) is 22.6 Å². The molecule has 2 aromatic carbocycles. The van der Waals surface area contributed by atoms with Gasteiger partial charge in [-0.3, -0.25) is 4.79 Å². The largest absolute Gasteiger partial charge is 0.486 e. The highest BCUT2D eigenvalue weighted by molar-refractivity contribution is 6.04. The Morgan fingerprint density at radius 1 is 1.15 bits per heavy atom. The zero-order valence-corrected chi connectivity index (χ0v) is 16.2. The van der Waals surface area contributed by atoms with Crippen LogP contribution >= 0.6 is 0 Å². The van der Waals surface area contributed by atoms with Crippen molar-refractivity contribution in [3.8, 4) is 11.5 Å². The van der Waals surface area contributed by atoms with Crippen molar-refractivity contribution >= 4 is 11.8 Å². The van der Waals surface area contributed by atoms with Gasteiger partial charge in [-0.2, -0.15) is 0 Å². The molecule has 0 unspecified atom stereocenters. The number of Topliss-reactive ketones (excluding diaryl/α,β-unsaturated/α-hetero) is 1. The van der Waals surface area contributed by atoms with Crippen LogP contribution < -0.4 is 9.47 Å². The lowest BCUT2D eigenvalue weighted by Crippen LogP contribution is -2.36. The number of esters is 1. The third kappa shape index (κ3) is 4.57. The number of ketones is 1. The second-order valence-corrected chi connectivity index (χ2v) is 7.64. The number of unbranched alkanes of at least 4 members (excludes halogenated alkanes) is 2. The number of benzene rings is 2. The van der Waals surface area contributed by atoms with Crippen molar-refractivity contribution in [1.82, 2.24) is 0 Å². The Hall–Kier alpha value is -2.62. The molecule has 3 rings (SSSR count). The van der Waals surface area contributed by atoms with E-state index in [0.717, 1.165) is 31.2 Å². The molecule has 1 heterocycles. The van der Waals surface area contributed by atoms with E-state index in [1.165, 1.54) is 0 Å². The van der Waals surface area contributed by atoms with Crippen LogP contribution in [0.5, 0.6) is 11.5 Å². The standard InChI is InChI=1S/C23H26O4/c1-4-5-7-10-16-13-19(26-22(25)17-11-8-6-9-12-17)21-18(24)15-23(2,3)27-20(21)14-16/h6,8-9,11-14H,4-5,7,10,15H2,1-3H3. The van der Waals surface area contributed by atoms with Gasteiger partial charge in [-0.1, -0.05) is 38.0 Å². The lowest BCUT2D eigenvalue weighted by molar-refractivity contribution is 0.0605. The Kier molecular flexibility index (Phi) is 5.64. The van der Waals surface area contributed by atoms with E-state index >= 15 is 0 Å². The lowest BCUT2D eigenvalue weighted by atomic mass is 9.91. The topological polar surface area (TPSA) is 52.6 Å². The minimum absolute atomic E-state index is 0.0581. The third-order valence-corrected chi connectivity index (χ3v) is 4.66. The Morgan fingerprint density at radius 3 is 2.59 bits per heavy atom. The van der Waals surface area contributed by atoms with Crippen LogP contribution in [0.4, 0.5) is 0 Å². The van der Waals surface area contributed by atoms with E-state index in [9.17, 15) is 9.59 Å². The summed E-state index contributed by atoms with van der Waals surface area (Å²) in [4.78, 5) is 25.3. The molecule has 0 saturated carbocycles. The monoisotopic (exact) mass is 366 g/mol. The molecule has 4 nitrogen and oxygen atoms in total. The minimum Gasteiger partial charge on any atom is -0.486 e. The first-order valence-electron chi connectivity index (χ1n) is 9.56. The van der Waals surface area contributed by atoms with Gasteiger partial charge in [0.15, 0.2) is 5.78 Å². The molecule has 0 aliphatic carbocycles. The van der Waals surface area contributed by atoms with E-state index in [2.05, 4.69) is 6.92 Å². The predicted octanol–water partition coefficient (Wildman–Crippen LogP) is 5.38. The molecule has 0 radical (unpaired) electrons. The second kappa shape index (κ2) is 7.95. The maximum absolute atomic E-state index is 12.7. The van der Waals surface area contributed by atoms with Crippen LogP contribution in [0, 0.1) is 0 Å². The summed E-state index contributed by atoms with van der Waals surface area (Å²) in [5, 5.41) is 0. The first-order chi connectivity index (χ1) is 12.9. The van der Waals surface area contributed by atoms with Crippen molar-refractivity contribution in [2.24, 2.45) is 0 Å². The van der Waals surface area contributed by atoms with E-state index in [4.69, 9.17) is 9.47 Å². The molecule has 0 amide bonds. The summed E-state index contributed by atoms with van der Waals surface area (Å²) in [6, 6.07) is 12.5. The van der Waals surface area contributed by atoms with Crippen molar-refractivity contribution in [1.29, 1.82) is 0 Å². The van der Waals surface area contributed by atoms with Crippen LogP contribution in [0.25, 0.3) is 0 Å². The van der Waals surface area contributed by atoms with Gasteiger partial charge in [-0.05, 0) is 56.5 Å². The molecular weight excluding hydrogens is 340 g/mol. The normalized spacial score (nSPS) is 15.0. The van der Waals surface area contributed by atoms with Crippen LogP contribution in [-0.2, 0) is 6.42 Å². The Labute approximate surface area is 160 Å². The van der Waals surface area contributed by atoms with Crippen molar-refractivity contribution in [3.63, 3.8) is 0 Å². The number of rotatable bonds is 6. The zero-order valence-electron chi connectivity index (χ0n) is 16.2. The van der Waals surface area contributed by atoms with E-state index in [1.54, 1.807) is 24.3 Å². The van der Waals surface area contributed by atoms with E-state index in [1.807, 2.05) is 32.0 Å². The lowest BCUT2D eigenvalue weighted by Gasteiger charge is -2.32. The molecule has 142 valence electrons. The summed E-state index contributed by atoms with van der Waals surface area (Å²) in [6.07, 6.45) is 4.41. The first kappa shape index (κ1) is 19.2. The van der Waals surface area contributed by atoms with Gasteiger partial charge >= 0.3 is 5.97 Å². The quantitative estimate of drug-likeness (QED) is 0.391. The molecule has 0 saturated heterocycles. The highest BCUT2D eigenvalue weighted by Crippen LogP contribution is 2.40. The number of ether oxygens (including phenoxy) is 2. The Balaban J connectivity index is 1.96. The van der Waals surface area contributed by atoms with Gasteiger partial charge in [0.05, 0.1) is 12.0 Å². The Morgan fingerprint density at radius 2 is 1.89 bits per heavy atom. The highest BCUT2D eigenvalue weighted by Gasteiger charge is 2.35. The average Bonchev–Trinajstić information content (AvgIpc) is 2.61. The molecule has 4 heteroatoms. The molecular formula is C23H26O4. The van der Waals surface area contributed by atoms with Crippen LogP contribution in [0.15, 0.2) is 42.5 Å². The fourth-order valence-corrected chi connectivity index (χ4v) is 3.35. The highest BCUT2D eigenvalue weighted by atomic mass is 16.5. The number of aryl methyl sites for hydroxylation is 1. The first-order valence-corrected chi connectivity index (χ1v) is 9.56. The Bertz CT molecular complexity index is 837. The van der Waals surface area contributed by atoms with Crippen molar-refractivity contribution < 1.29 is 19.1 Å². The van der Waals surface area contributed by atoms with Gasteiger partial charge in [0.25, 0.3) is 0 Å². The molecule has 0 fully saturated rings. The number of carbonyl (C=O) groups is 2. The summed E-state index contributed by atoms with van der Waals surface area (Å²) in [7, 11) is 0. The fraction of sp³-hybridized carbons (Fsp3) is 0.391. The van der Waals surface area contributed by atoms with E-state index in [-0.39, 0.29) is 12.2 Å². The molecule has 0 bridgehead atoms. The maximum atomic E-state index is 12.7. The maximum Gasteiger partial charge on any atom is 0.343 e. The SMILES string of the molecule is CCCCCc1cc(OC(=O)c2ccccc2)c2c(c1)OC(C)(C)CC2=O. The molecule has 2 aromatic rings. The van der Waals surface area contributed by atoms with Crippen LogP contribution in [0.2, 0.25) is 0 Å². The zero-order chi connectivity index (χ0) is 19.4. The number of carbonyl (C=O) groups excluding carboxylic acids is 2. The number of hydrogen-bond acceptors (Lipinski definition) is 4. The smallest absolute Gasteiger partial charge is 0.343 e. The van der Waals surface area contributed by atoms with Crippen LogP contribution in [0.1, 0.15) is 72.7 Å². The van der Waals surface area contributed by atoms with Crippen molar-refractivity contribution in [2.75, 3.05) is 0 Å². The molecule has 0 aromatic heterocycles. The van der Waals surface area contributed by atoms with Gasteiger partial charge in [0.1, 0.15) is 22.7 Å². The van der Waals surface area contributed by atoms with Crippen molar-refractivity contribution in [2.45, 2.75) is 58.5 Å². The summed E-state index contributed by atoms with van der Waals surface area (Å²) < 4.78 is 11.7. The van der Waals surface area contributed by atoms with Crippen molar-refractivity contribution in [3.05, 3.63) is 59.2 Å². The third-order valence-electron chi connectivity index (χ3n) is 4.66. The second-order valence-electron chi connectivity index (χ2n) is 7.64. The predicted molar refractivity (Wildman–Crippen MR) is 105 cm³/mol. The fourth-order valence-electron chi connectivity index (χ4n) is 3.35. The van der Waals surface area contributed by atoms with Gasteiger partial charge < -0.3 is 9.47 Å². The van der Waals surface area contributed by atoms with Gasteiger partial charge in [0, 0.05) is 0 Å². The average molecular weight is 366 g/mol. The number of hydrogen-bond donors (Lipinski definition) is 0. The molecule has 27 heavy (non-hydrogen) atoms. The van der Waals surface area contributed by atoms with Gasteiger partial charge in [0.2, 0.25) is 0 Å². The summed E-state index contributed by atoms with van der Waals surface area (Å²) in [6.45, 7) is 5.95. The van der Waals surface area contributed by atoms with Gasteiger partial charge in [-0.15, -0.1) is 0 Å². The van der Waals surface area contributed by atoms with Crippen LogP contribution in [0.3, 0.4) is 0 Å².